The summed E-state index contributed by atoms with van der Waals surface area (Å²) in [6.07, 6.45) is 0. The fraction of sp³-hybridized carbons (Fsp3) is 0. The van der Waals surface area contributed by atoms with E-state index >= 15 is 0 Å². The Morgan fingerprint density at radius 1 is 1.05 bits per heavy atom. The lowest BCUT2D eigenvalue weighted by molar-refractivity contribution is 0.262. The lowest BCUT2D eigenvalue weighted by Gasteiger charge is -2.08. The molecule has 2 aromatic rings. The smallest absolute Gasteiger partial charge is 0.323 e. The Kier molecular flexibility index (Phi) is 3.61. The van der Waals surface area contributed by atoms with Crippen LogP contribution in [0.15, 0.2) is 42.5 Å². The van der Waals surface area contributed by atoms with Crippen molar-refractivity contribution >= 4 is 23.1 Å². The zero-order chi connectivity index (χ0) is 13.8. The Bertz CT molecular complexity index is 617. The van der Waals surface area contributed by atoms with Crippen molar-refractivity contribution in [3.05, 3.63) is 54.1 Å². The van der Waals surface area contributed by atoms with Gasteiger partial charge in [-0.25, -0.2) is 13.6 Å². The number of nitrogens with one attached hydrogen (secondary N) is 2. The van der Waals surface area contributed by atoms with Gasteiger partial charge in [0.25, 0.3) is 0 Å². The first-order valence-corrected chi connectivity index (χ1v) is 5.43. The number of nitrogens with two attached hydrogens (primary N) is 1. The number of halogens is 2. The van der Waals surface area contributed by atoms with Crippen LogP contribution >= 0.6 is 0 Å². The monoisotopic (exact) mass is 263 g/mol. The van der Waals surface area contributed by atoms with E-state index in [2.05, 4.69) is 10.6 Å². The molecule has 0 aliphatic carbocycles. The van der Waals surface area contributed by atoms with Crippen LogP contribution in [0.4, 0.5) is 30.6 Å². The van der Waals surface area contributed by atoms with E-state index in [1.54, 1.807) is 0 Å². The zero-order valence-electron chi connectivity index (χ0n) is 9.78. The van der Waals surface area contributed by atoms with Crippen molar-refractivity contribution in [2.45, 2.75) is 0 Å². The molecule has 2 aromatic carbocycles. The minimum atomic E-state index is -0.672. The van der Waals surface area contributed by atoms with Gasteiger partial charge in [-0.3, -0.25) is 0 Å². The first-order chi connectivity index (χ1) is 9.04. The van der Waals surface area contributed by atoms with Crippen molar-refractivity contribution in [2.75, 3.05) is 16.4 Å². The maximum atomic E-state index is 13.4. The summed E-state index contributed by atoms with van der Waals surface area (Å²) in [6.45, 7) is 0. The average Bonchev–Trinajstić information content (AvgIpc) is 2.33. The number of hydrogen-bond acceptors (Lipinski definition) is 2. The second-order valence-corrected chi connectivity index (χ2v) is 3.83. The largest absolute Gasteiger partial charge is 0.399 e. The maximum absolute atomic E-state index is 13.4. The van der Waals surface area contributed by atoms with E-state index in [1.807, 2.05) is 0 Å². The molecule has 0 saturated heterocycles. The summed E-state index contributed by atoms with van der Waals surface area (Å²) in [5.41, 5.74) is 5.91. The molecule has 0 bridgehead atoms. The molecule has 4 nitrogen and oxygen atoms in total. The Morgan fingerprint density at radius 2 is 1.84 bits per heavy atom. The van der Waals surface area contributed by atoms with E-state index in [-0.39, 0.29) is 17.1 Å². The van der Waals surface area contributed by atoms with Crippen LogP contribution in [0.25, 0.3) is 0 Å². The Hall–Kier alpha value is -2.63. The molecule has 0 atom stereocenters. The fourth-order valence-corrected chi connectivity index (χ4v) is 1.48. The number of anilines is 3. The van der Waals surface area contributed by atoms with Crippen LogP contribution in [0.1, 0.15) is 0 Å². The average molecular weight is 263 g/mol. The first-order valence-electron chi connectivity index (χ1n) is 5.43. The van der Waals surface area contributed by atoms with Gasteiger partial charge < -0.3 is 16.4 Å². The van der Waals surface area contributed by atoms with E-state index in [0.717, 1.165) is 12.1 Å². The number of nitrogen functional groups attached to an aromatic ring is 1. The standard InChI is InChI=1S/C13H11F2N3O/c14-8-2-1-3-10(6-8)17-13(19)18-12-5-4-9(16)7-11(12)15/h1-7H,16H2,(H2,17,18,19). The highest BCUT2D eigenvalue weighted by molar-refractivity contribution is 5.99. The van der Waals surface area contributed by atoms with Gasteiger partial charge in [0.05, 0.1) is 5.69 Å². The highest BCUT2D eigenvalue weighted by Crippen LogP contribution is 2.17. The molecule has 6 heteroatoms. The summed E-state index contributed by atoms with van der Waals surface area (Å²) >= 11 is 0. The Labute approximate surface area is 108 Å². The molecule has 0 spiro atoms. The number of carbonyl (C=O) groups excluding carboxylic acids is 1. The molecule has 0 aromatic heterocycles. The molecule has 2 amide bonds. The topological polar surface area (TPSA) is 67.1 Å². The number of hydrogen-bond donors (Lipinski definition) is 3. The zero-order valence-corrected chi connectivity index (χ0v) is 9.78. The second-order valence-electron chi connectivity index (χ2n) is 3.83. The Balaban J connectivity index is 2.05. The molecule has 0 heterocycles. The van der Waals surface area contributed by atoms with Crippen LogP contribution in [0, 0.1) is 11.6 Å². The van der Waals surface area contributed by atoms with Gasteiger partial charge in [0.15, 0.2) is 0 Å². The first kappa shape index (κ1) is 12.8. The minimum absolute atomic E-state index is 0.0110. The van der Waals surface area contributed by atoms with Crippen LogP contribution in [-0.4, -0.2) is 6.03 Å². The Morgan fingerprint density at radius 3 is 2.53 bits per heavy atom. The van der Waals surface area contributed by atoms with E-state index in [0.29, 0.717) is 0 Å². The van der Waals surface area contributed by atoms with Crippen LogP contribution in [0.3, 0.4) is 0 Å². The second kappa shape index (κ2) is 5.34. The van der Waals surface area contributed by atoms with Gasteiger partial charge >= 0.3 is 6.03 Å². The van der Waals surface area contributed by atoms with Crippen molar-refractivity contribution in [3.63, 3.8) is 0 Å². The number of amides is 2. The van der Waals surface area contributed by atoms with Crippen LogP contribution in [0.5, 0.6) is 0 Å². The summed E-state index contributed by atoms with van der Waals surface area (Å²) in [5.74, 6) is -1.12. The number of urea groups is 1. The molecule has 0 aliphatic heterocycles. The van der Waals surface area contributed by atoms with Gasteiger partial charge in [-0.2, -0.15) is 0 Å². The normalized spacial score (nSPS) is 10.0. The summed E-state index contributed by atoms with van der Waals surface area (Å²) in [4.78, 5) is 11.6. The molecule has 0 saturated carbocycles. The van der Waals surface area contributed by atoms with Crippen molar-refractivity contribution < 1.29 is 13.6 Å². The lowest BCUT2D eigenvalue weighted by Crippen LogP contribution is -2.20. The summed E-state index contributed by atoms with van der Waals surface area (Å²) in [7, 11) is 0. The summed E-state index contributed by atoms with van der Waals surface area (Å²) < 4.78 is 26.3. The van der Waals surface area contributed by atoms with Gasteiger partial charge in [0.1, 0.15) is 11.6 Å². The van der Waals surface area contributed by atoms with Crippen LogP contribution in [-0.2, 0) is 0 Å². The van der Waals surface area contributed by atoms with Gasteiger partial charge in [0, 0.05) is 11.4 Å². The molecule has 0 fully saturated rings. The van der Waals surface area contributed by atoms with Gasteiger partial charge in [-0.15, -0.1) is 0 Å². The predicted molar refractivity (Wildman–Crippen MR) is 69.9 cm³/mol. The summed E-state index contributed by atoms with van der Waals surface area (Å²) in [6, 6.07) is 8.60. The third-order valence-corrected chi connectivity index (χ3v) is 2.32. The predicted octanol–water partition coefficient (Wildman–Crippen LogP) is 3.19. The lowest BCUT2D eigenvalue weighted by atomic mass is 10.2. The number of rotatable bonds is 2. The van der Waals surface area contributed by atoms with E-state index < -0.39 is 17.7 Å². The van der Waals surface area contributed by atoms with E-state index in [1.165, 1.54) is 30.3 Å². The highest BCUT2D eigenvalue weighted by Gasteiger charge is 2.07. The number of benzene rings is 2. The van der Waals surface area contributed by atoms with E-state index in [4.69, 9.17) is 5.73 Å². The molecule has 2 rings (SSSR count). The van der Waals surface area contributed by atoms with Gasteiger partial charge in [0.2, 0.25) is 0 Å². The third kappa shape index (κ3) is 3.41. The molecule has 0 aliphatic rings. The maximum Gasteiger partial charge on any atom is 0.323 e. The SMILES string of the molecule is Nc1ccc(NC(=O)Nc2cccc(F)c2)c(F)c1. The molecule has 98 valence electrons. The minimum Gasteiger partial charge on any atom is -0.399 e. The van der Waals surface area contributed by atoms with Gasteiger partial charge in [-0.1, -0.05) is 6.07 Å². The molecular formula is C13H11F2N3O. The number of carbonyl (C=O) groups is 1. The summed E-state index contributed by atoms with van der Waals surface area (Å²) in [5, 5.41) is 4.69. The van der Waals surface area contributed by atoms with Crippen molar-refractivity contribution in [3.8, 4) is 0 Å². The van der Waals surface area contributed by atoms with Crippen LogP contribution < -0.4 is 16.4 Å². The molecule has 0 radical (unpaired) electrons. The highest BCUT2D eigenvalue weighted by atomic mass is 19.1. The molecule has 0 unspecified atom stereocenters. The van der Waals surface area contributed by atoms with Crippen molar-refractivity contribution in [1.29, 1.82) is 0 Å². The van der Waals surface area contributed by atoms with Crippen molar-refractivity contribution in [2.24, 2.45) is 0 Å². The quantitative estimate of drug-likeness (QED) is 0.728. The molecular weight excluding hydrogens is 252 g/mol. The third-order valence-electron chi connectivity index (χ3n) is 2.32. The fourth-order valence-electron chi connectivity index (χ4n) is 1.48. The van der Waals surface area contributed by atoms with Crippen LogP contribution in [0.2, 0.25) is 0 Å². The van der Waals surface area contributed by atoms with Crippen molar-refractivity contribution in [1.82, 2.24) is 0 Å². The van der Waals surface area contributed by atoms with E-state index in [9.17, 15) is 13.6 Å². The molecule has 19 heavy (non-hydrogen) atoms. The molecule has 4 N–H and O–H groups in total. The van der Waals surface area contributed by atoms with Gasteiger partial charge in [-0.05, 0) is 36.4 Å².